The third kappa shape index (κ3) is 3.64. The van der Waals surface area contributed by atoms with Crippen LogP contribution < -0.4 is 4.74 Å². The SMILES string of the molecule is C1=CC2Oc3c(-c4ccc(C5=CC=C(n6c7ccccc7c7c8oc9ccccc9c8ccc76)CC5)cc4)cccc3C2C=C1. The Morgan fingerprint density at radius 2 is 1.44 bits per heavy atom. The minimum atomic E-state index is 0.0954. The summed E-state index contributed by atoms with van der Waals surface area (Å²) in [6, 6.07) is 37.1. The zero-order valence-electron chi connectivity index (χ0n) is 24.6. The van der Waals surface area contributed by atoms with E-state index in [1.54, 1.807) is 0 Å². The molecule has 0 radical (unpaired) electrons. The zero-order chi connectivity index (χ0) is 29.5. The van der Waals surface area contributed by atoms with Gasteiger partial charge in [-0.2, -0.15) is 0 Å². The van der Waals surface area contributed by atoms with Crippen molar-refractivity contribution in [1.29, 1.82) is 0 Å². The lowest BCUT2D eigenvalue weighted by molar-refractivity contribution is 0.270. The largest absolute Gasteiger partial charge is 0.484 e. The number of fused-ring (bicyclic) bond motifs is 10. The number of hydrogen-bond acceptors (Lipinski definition) is 2. The summed E-state index contributed by atoms with van der Waals surface area (Å²) < 4.78 is 15.3. The van der Waals surface area contributed by atoms with Crippen molar-refractivity contribution >= 4 is 55.0 Å². The summed E-state index contributed by atoms with van der Waals surface area (Å²) in [5.74, 6) is 1.32. The third-order valence-electron chi connectivity index (χ3n) is 9.90. The summed E-state index contributed by atoms with van der Waals surface area (Å²) in [5, 5.41) is 4.75. The molecule has 0 amide bonds. The van der Waals surface area contributed by atoms with Crippen LogP contribution in [0, 0.1) is 0 Å². The quantitative estimate of drug-likeness (QED) is 0.208. The molecule has 10 rings (SSSR count). The van der Waals surface area contributed by atoms with Crippen molar-refractivity contribution in [2.24, 2.45) is 0 Å². The summed E-state index contributed by atoms with van der Waals surface area (Å²) in [6.07, 6.45) is 15.3. The molecule has 2 aliphatic carbocycles. The molecule has 214 valence electrons. The number of furan rings is 1. The van der Waals surface area contributed by atoms with Gasteiger partial charge in [0.1, 0.15) is 23.0 Å². The number of hydrogen-bond donors (Lipinski definition) is 0. The van der Waals surface area contributed by atoms with Crippen molar-refractivity contribution in [3.8, 4) is 16.9 Å². The molecule has 5 aromatic carbocycles. The average molecular weight is 580 g/mol. The summed E-state index contributed by atoms with van der Waals surface area (Å²) in [7, 11) is 0. The Morgan fingerprint density at radius 1 is 0.622 bits per heavy atom. The first-order valence-electron chi connectivity index (χ1n) is 15.8. The normalized spacial score (nSPS) is 18.8. The molecule has 0 spiro atoms. The van der Waals surface area contributed by atoms with Gasteiger partial charge < -0.3 is 13.7 Å². The second kappa shape index (κ2) is 9.48. The molecular weight excluding hydrogens is 550 g/mol. The Labute approximate surface area is 260 Å². The molecule has 0 saturated carbocycles. The van der Waals surface area contributed by atoms with E-state index in [4.69, 9.17) is 9.15 Å². The molecule has 1 aliphatic heterocycles. The molecule has 2 aromatic heterocycles. The van der Waals surface area contributed by atoms with Crippen molar-refractivity contribution in [1.82, 2.24) is 4.57 Å². The number of aromatic nitrogens is 1. The maximum Gasteiger partial charge on any atom is 0.145 e. The van der Waals surface area contributed by atoms with Gasteiger partial charge in [-0.15, -0.1) is 0 Å². The van der Waals surface area contributed by atoms with Crippen LogP contribution in [-0.4, -0.2) is 10.7 Å². The van der Waals surface area contributed by atoms with Gasteiger partial charge in [0.25, 0.3) is 0 Å². The van der Waals surface area contributed by atoms with Crippen molar-refractivity contribution in [2.75, 3.05) is 0 Å². The molecule has 0 bridgehead atoms. The van der Waals surface area contributed by atoms with E-state index in [1.807, 2.05) is 6.07 Å². The van der Waals surface area contributed by atoms with Crippen molar-refractivity contribution in [2.45, 2.75) is 24.9 Å². The summed E-state index contributed by atoms with van der Waals surface area (Å²) in [6.45, 7) is 0. The first kappa shape index (κ1) is 24.9. The highest BCUT2D eigenvalue weighted by atomic mass is 16.5. The van der Waals surface area contributed by atoms with E-state index in [2.05, 4.69) is 138 Å². The summed E-state index contributed by atoms with van der Waals surface area (Å²) in [5.41, 5.74) is 11.9. The topological polar surface area (TPSA) is 27.3 Å². The van der Waals surface area contributed by atoms with Gasteiger partial charge in [0, 0.05) is 38.9 Å². The summed E-state index contributed by atoms with van der Waals surface area (Å²) in [4.78, 5) is 0. The first-order chi connectivity index (χ1) is 22.3. The lowest BCUT2D eigenvalue weighted by Gasteiger charge is -2.18. The predicted molar refractivity (Wildman–Crippen MR) is 186 cm³/mol. The van der Waals surface area contributed by atoms with Crippen LogP contribution in [-0.2, 0) is 0 Å². The number of benzene rings is 5. The molecule has 45 heavy (non-hydrogen) atoms. The molecule has 3 aliphatic rings. The van der Waals surface area contributed by atoms with E-state index >= 15 is 0 Å². The monoisotopic (exact) mass is 579 g/mol. The van der Waals surface area contributed by atoms with Gasteiger partial charge in [0.15, 0.2) is 0 Å². The highest BCUT2D eigenvalue weighted by Gasteiger charge is 2.33. The Bertz CT molecular complexity index is 2460. The Morgan fingerprint density at radius 3 is 2.33 bits per heavy atom. The average Bonchev–Trinajstić information content (AvgIpc) is 3.78. The lowest BCUT2D eigenvalue weighted by atomic mass is 9.90. The smallest absolute Gasteiger partial charge is 0.145 e. The summed E-state index contributed by atoms with van der Waals surface area (Å²) >= 11 is 0. The Balaban J connectivity index is 1.02. The molecule has 0 saturated heterocycles. The highest BCUT2D eigenvalue weighted by molar-refractivity contribution is 6.24. The van der Waals surface area contributed by atoms with Crippen LogP contribution in [0.4, 0.5) is 0 Å². The molecule has 0 N–H and O–H groups in total. The van der Waals surface area contributed by atoms with E-state index in [-0.39, 0.29) is 6.10 Å². The van der Waals surface area contributed by atoms with Gasteiger partial charge in [-0.05, 0) is 66.0 Å². The van der Waals surface area contributed by atoms with Crippen molar-refractivity contribution in [3.05, 3.63) is 151 Å². The van der Waals surface area contributed by atoms with Crippen LogP contribution in [0.1, 0.15) is 29.9 Å². The number of allylic oxidation sites excluding steroid dienone is 6. The van der Waals surface area contributed by atoms with E-state index in [9.17, 15) is 0 Å². The van der Waals surface area contributed by atoms with E-state index < -0.39 is 0 Å². The van der Waals surface area contributed by atoms with Gasteiger partial charge >= 0.3 is 0 Å². The van der Waals surface area contributed by atoms with Gasteiger partial charge in [0.05, 0.1) is 16.4 Å². The highest BCUT2D eigenvalue weighted by Crippen LogP contribution is 2.47. The van der Waals surface area contributed by atoms with E-state index in [1.165, 1.54) is 60.7 Å². The molecule has 7 aromatic rings. The molecule has 2 unspecified atom stereocenters. The standard InChI is InChI=1S/C42H29NO2/c1-4-13-36-35(10-1)40-37(25-24-34-32-9-3-6-15-39(32)45-42(34)40)43(36)29-22-20-27(21-23-29)26-16-18-28(19-17-26)30-11-7-12-33-31-8-2-5-14-38(31)44-41(30)33/h1-20,22,24-25,31,38H,21,23H2. The van der Waals surface area contributed by atoms with Crippen molar-refractivity contribution in [3.63, 3.8) is 0 Å². The maximum atomic E-state index is 6.48. The second-order valence-corrected chi connectivity index (χ2v) is 12.3. The van der Waals surface area contributed by atoms with Crippen molar-refractivity contribution < 1.29 is 9.15 Å². The Hall–Kier alpha value is -5.54. The van der Waals surface area contributed by atoms with Crippen LogP contribution in [0.2, 0.25) is 0 Å². The van der Waals surface area contributed by atoms with Crippen LogP contribution in [0.5, 0.6) is 5.75 Å². The fourth-order valence-corrected chi connectivity index (χ4v) is 7.75. The van der Waals surface area contributed by atoms with E-state index in [0.717, 1.165) is 35.1 Å². The van der Waals surface area contributed by atoms with Crippen LogP contribution >= 0.6 is 0 Å². The van der Waals surface area contributed by atoms with Gasteiger partial charge in [-0.25, -0.2) is 0 Å². The van der Waals surface area contributed by atoms with Crippen LogP contribution in [0.25, 0.3) is 66.1 Å². The molecule has 3 nitrogen and oxygen atoms in total. The van der Waals surface area contributed by atoms with Crippen LogP contribution in [0.15, 0.2) is 144 Å². The number of ether oxygens (including phenoxy) is 1. The molecule has 3 heterocycles. The maximum absolute atomic E-state index is 6.48. The molecule has 0 fully saturated rings. The first-order valence-corrected chi connectivity index (χ1v) is 15.8. The fraction of sp³-hybridized carbons (Fsp3) is 0.0952. The molecule has 2 atom stereocenters. The fourth-order valence-electron chi connectivity index (χ4n) is 7.75. The minimum absolute atomic E-state index is 0.0954. The molecular formula is C42H29NO2. The van der Waals surface area contributed by atoms with Crippen LogP contribution in [0.3, 0.4) is 0 Å². The number of rotatable bonds is 3. The Kier molecular flexibility index (Phi) is 5.23. The number of nitrogens with zero attached hydrogens (tertiary/aromatic N) is 1. The van der Waals surface area contributed by atoms with Gasteiger partial charge in [-0.1, -0.05) is 103 Å². The second-order valence-electron chi connectivity index (χ2n) is 12.3. The van der Waals surface area contributed by atoms with E-state index in [0.29, 0.717) is 5.92 Å². The number of para-hydroxylation sites is 3. The van der Waals surface area contributed by atoms with Gasteiger partial charge in [0.2, 0.25) is 0 Å². The zero-order valence-corrected chi connectivity index (χ0v) is 24.6. The third-order valence-corrected chi connectivity index (χ3v) is 9.90. The minimum Gasteiger partial charge on any atom is -0.484 e. The lowest BCUT2D eigenvalue weighted by Crippen LogP contribution is -2.15. The van der Waals surface area contributed by atoms with Gasteiger partial charge in [-0.3, -0.25) is 0 Å². The molecule has 3 heteroatoms. The predicted octanol–water partition coefficient (Wildman–Crippen LogP) is 11.0.